The third-order valence-corrected chi connectivity index (χ3v) is 4.36. The fourth-order valence-electron chi connectivity index (χ4n) is 3.11. The van der Waals surface area contributed by atoms with E-state index in [2.05, 4.69) is 10.6 Å². The van der Waals surface area contributed by atoms with Crippen LogP contribution in [0.15, 0.2) is 0 Å². The second-order valence-electron chi connectivity index (χ2n) is 5.85. The van der Waals surface area contributed by atoms with Gasteiger partial charge in [0.25, 0.3) is 0 Å². The van der Waals surface area contributed by atoms with Crippen molar-refractivity contribution < 1.29 is 14.7 Å². The summed E-state index contributed by atoms with van der Waals surface area (Å²) >= 11 is 0. The zero-order valence-corrected chi connectivity index (χ0v) is 12.1. The van der Waals surface area contributed by atoms with E-state index in [1.165, 1.54) is 0 Å². The lowest BCUT2D eigenvalue weighted by Gasteiger charge is -2.33. The van der Waals surface area contributed by atoms with E-state index in [-0.39, 0.29) is 23.9 Å². The summed E-state index contributed by atoms with van der Waals surface area (Å²) in [6, 6.07) is 0.0784. The molecule has 2 aliphatic rings. The second-order valence-corrected chi connectivity index (χ2v) is 5.85. The molecule has 0 bridgehead atoms. The highest BCUT2D eigenvalue weighted by Gasteiger charge is 2.28. The molecule has 1 saturated heterocycles. The molecule has 1 heterocycles. The number of piperidine rings is 1. The molecule has 2 rings (SSSR count). The van der Waals surface area contributed by atoms with Crippen LogP contribution in [0.1, 0.15) is 38.5 Å². The van der Waals surface area contributed by atoms with E-state index in [1.807, 2.05) is 0 Å². The van der Waals surface area contributed by atoms with Crippen molar-refractivity contribution in [3.05, 3.63) is 0 Å². The number of nitrogens with one attached hydrogen (secondary N) is 2. The molecule has 6 nitrogen and oxygen atoms in total. The number of aliphatic hydroxyl groups excluding tert-OH is 1. The van der Waals surface area contributed by atoms with Gasteiger partial charge in [0.1, 0.15) is 0 Å². The number of hydrogen-bond donors (Lipinski definition) is 3. The molecule has 0 aromatic rings. The molecule has 3 amide bonds. The number of urea groups is 1. The normalized spacial score (nSPS) is 30.7. The Bertz CT molecular complexity index is 354. The molecule has 2 fully saturated rings. The van der Waals surface area contributed by atoms with Gasteiger partial charge in [0.15, 0.2) is 0 Å². The van der Waals surface area contributed by atoms with Crippen molar-refractivity contribution in [3.63, 3.8) is 0 Å². The largest absolute Gasteiger partial charge is 0.391 e. The summed E-state index contributed by atoms with van der Waals surface area (Å²) in [7, 11) is 1.66. The van der Waals surface area contributed by atoms with Crippen molar-refractivity contribution in [3.8, 4) is 0 Å². The van der Waals surface area contributed by atoms with Crippen LogP contribution < -0.4 is 10.6 Å². The Morgan fingerprint density at radius 1 is 1.15 bits per heavy atom. The molecule has 1 atom stereocenters. The lowest BCUT2D eigenvalue weighted by atomic mass is 9.85. The molecule has 1 unspecified atom stereocenters. The maximum absolute atomic E-state index is 12.1. The predicted molar refractivity (Wildman–Crippen MR) is 75.2 cm³/mol. The van der Waals surface area contributed by atoms with Gasteiger partial charge < -0.3 is 20.6 Å². The number of carbonyl (C=O) groups is 2. The Morgan fingerprint density at radius 3 is 2.45 bits per heavy atom. The van der Waals surface area contributed by atoms with Crippen LogP contribution in [0.4, 0.5) is 4.79 Å². The molecule has 0 aromatic heterocycles. The molecule has 0 aromatic carbocycles. The summed E-state index contributed by atoms with van der Waals surface area (Å²) in [6.07, 6.45) is 4.60. The first-order chi connectivity index (χ1) is 9.60. The first-order valence-corrected chi connectivity index (χ1v) is 7.55. The van der Waals surface area contributed by atoms with Crippen molar-refractivity contribution >= 4 is 11.9 Å². The molecule has 6 heteroatoms. The van der Waals surface area contributed by atoms with E-state index >= 15 is 0 Å². The molecule has 1 aliphatic heterocycles. The average molecular weight is 283 g/mol. The minimum absolute atomic E-state index is 0.0767. The molecule has 3 N–H and O–H groups in total. The Kier molecular flexibility index (Phi) is 5.23. The number of nitrogens with zero attached hydrogens (tertiary/aromatic N) is 1. The molecule has 1 saturated carbocycles. The quantitative estimate of drug-likeness (QED) is 0.688. The fourth-order valence-corrected chi connectivity index (χ4v) is 3.11. The number of amides is 3. The van der Waals surface area contributed by atoms with Crippen LogP contribution in [0.2, 0.25) is 0 Å². The summed E-state index contributed by atoms with van der Waals surface area (Å²) in [4.78, 5) is 25.3. The van der Waals surface area contributed by atoms with E-state index in [0.29, 0.717) is 6.54 Å². The van der Waals surface area contributed by atoms with E-state index in [9.17, 15) is 14.7 Å². The van der Waals surface area contributed by atoms with E-state index in [0.717, 1.165) is 45.1 Å². The van der Waals surface area contributed by atoms with Crippen molar-refractivity contribution in [2.75, 3.05) is 20.1 Å². The van der Waals surface area contributed by atoms with Gasteiger partial charge in [0, 0.05) is 32.1 Å². The number of rotatable bonds is 2. The highest BCUT2D eigenvalue weighted by Crippen LogP contribution is 2.24. The third kappa shape index (κ3) is 3.85. The average Bonchev–Trinajstić information content (AvgIpc) is 2.47. The Labute approximate surface area is 119 Å². The highest BCUT2D eigenvalue weighted by atomic mass is 16.3. The van der Waals surface area contributed by atoms with Crippen molar-refractivity contribution in [2.24, 2.45) is 5.92 Å². The molecular formula is C14H25N3O3. The van der Waals surface area contributed by atoms with Crippen LogP contribution >= 0.6 is 0 Å². The van der Waals surface area contributed by atoms with Crippen LogP contribution in [-0.2, 0) is 4.79 Å². The topological polar surface area (TPSA) is 81.7 Å². The van der Waals surface area contributed by atoms with Crippen molar-refractivity contribution in [2.45, 2.75) is 50.7 Å². The summed E-state index contributed by atoms with van der Waals surface area (Å²) in [5.41, 5.74) is 0. The number of likely N-dealkylation sites (tertiary alicyclic amines) is 1. The van der Waals surface area contributed by atoms with Gasteiger partial charge in [-0.25, -0.2) is 4.79 Å². The Hall–Kier alpha value is -1.30. The van der Waals surface area contributed by atoms with E-state index in [4.69, 9.17) is 0 Å². The highest BCUT2D eigenvalue weighted by molar-refractivity contribution is 5.78. The minimum Gasteiger partial charge on any atom is -0.391 e. The lowest BCUT2D eigenvalue weighted by molar-refractivity contribution is -0.125. The van der Waals surface area contributed by atoms with Gasteiger partial charge in [-0.15, -0.1) is 0 Å². The smallest absolute Gasteiger partial charge is 0.317 e. The van der Waals surface area contributed by atoms with Gasteiger partial charge in [-0.1, -0.05) is 0 Å². The summed E-state index contributed by atoms with van der Waals surface area (Å²) < 4.78 is 0. The molecule has 0 spiro atoms. The lowest BCUT2D eigenvalue weighted by Crippen LogP contribution is -2.50. The van der Waals surface area contributed by atoms with Crippen LogP contribution in [0.5, 0.6) is 0 Å². The first-order valence-electron chi connectivity index (χ1n) is 7.55. The molecule has 1 aliphatic carbocycles. The summed E-state index contributed by atoms with van der Waals surface area (Å²) in [5, 5.41) is 15.3. The predicted octanol–water partition coefficient (Wildman–Crippen LogP) is 0.458. The molecular weight excluding hydrogens is 258 g/mol. The van der Waals surface area contributed by atoms with Gasteiger partial charge in [-0.2, -0.15) is 0 Å². The number of β-amino-alcohol motifs (C(OH)–C–C–N with tert-alkyl or cyclic N) is 1. The molecule has 20 heavy (non-hydrogen) atoms. The van der Waals surface area contributed by atoms with E-state index < -0.39 is 6.10 Å². The fraction of sp³-hybridized carbons (Fsp3) is 0.857. The van der Waals surface area contributed by atoms with Crippen LogP contribution in [0, 0.1) is 5.92 Å². The van der Waals surface area contributed by atoms with Crippen LogP contribution in [0.3, 0.4) is 0 Å². The number of hydrogen-bond acceptors (Lipinski definition) is 3. The third-order valence-electron chi connectivity index (χ3n) is 4.36. The summed E-state index contributed by atoms with van der Waals surface area (Å²) in [5.74, 6) is 0.193. The van der Waals surface area contributed by atoms with E-state index in [1.54, 1.807) is 11.9 Å². The van der Waals surface area contributed by atoms with Crippen LogP contribution in [-0.4, -0.2) is 54.2 Å². The minimum atomic E-state index is -0.390. The second kappa shape index (κ2) is 6.92. The van der Waals surface area contributed by atoms with Crippen LogP contribution in [0.25, 0.3) is 0 Å². The SMILES string of the molecule is CNC(=O)C1CCC(NC(=O)N2CCCC(O)C2)CC1. The summed E-state index contributed by atoms with van der Waals surface area (Å²) in [6.45, 7) is 1.15. The molecule has 114 valence electrons. The van der Waals surface area contributed by atoms with Gasteiger partial charge in [0.05, 0.1) is 6.10 Å². The van der Waals surface area contributed by atoms with Crippen molar-refractivity contribution in [1.29, 1.82) is 0 Å². The zero-order chi connectivity index (χ0) is 14.5. The number of aliphatic hydroxyl groups is 1. The number of carbonyl (C=O) groups excluding carboxylic acids is 2. The van der Waals surface area contributed by atoms with Gasteiger partial charge in [0.2, 0.25) is 5.91 Å². The van der Waals surface area contributed by atoms with Gasteiger partial charge in [-0.05, 0) is 38.5 Å². The maximum atomic E-state index is 12.1. The van der Waals surface area contributed by atoms with Gasteiger partial charge >= 0.3 is 6.03 Å². The van der Waals surface area contributed by atoms with Crippen molar-refractivity contribution in [1.82, 2.24) is 15.5 Å². The Morgan fingerprint density at radius 2 is 1.85 bits per heavy atom. The monoisotopic (exact) mass is 283 g/mol. The standard InChI is InChI=1S/C14H25N3O3/c1-15-13(19)10-4-6-11(7-5-10)16-14(20)17-8-2-3-12(18)9-17/h10-12,18H,2-9H2,1H3,(H,15,19)(H,16,20). The Balaban J connectivity index is 1.74. The first kappa shape index (κ1) is 15.1. The van der Waals surface area contributed by atoms with Gasteiger partial charge in [-0.3, -0.25) is 4.79 Å². The maximum Gasteiger partial charge on any atom is 0.317 e. The zero-order valence-electron chi connectivity index (χ0n) is 12.1. The molecule has 0 radical (unpaired) electrons.